The maximum Gasteiger partial charge on any atom is 0.303 e. The van der Waals surface area contributed by atoms with Crippen LogP contribution in [0.5, 0.6) is 5.75 Å². The number of amides is 6. The number of aromatic hydroxyl groups is 1. The minimum absolute atomic E-state index is 0.00908. The standard InChI is InChI=1S/C58H53N13O11S6/c1-26-40(73)20-71-46(26)57-68-39(25-87-57)54-64-35(21-84-54)44-31(15-16-32(61-44)53-66-36(22-85-53)48(78)60-17-7-6-10-42(75)76)52-65-37(23-83-52)49(79)62-33(19-41(59)74)55-70-43(27(2)88-55)51(81)69-45(47(77)29-8-4-3-5-9-29)56-67-38(24-86-56)50(80)63-34(58(71)82)18-28-11-13-30(72)14-12-28/h3-5,8-9,11-16,21-26,33-34,40,45-47,72-73,77H,6-7,10,17-20H2,1-2H3,(H2,59,74)(H,60,78)(H,62,79)(H,63,80)(H,69,81)(H,75,76)/t26-,33-,34?,40-,45-,46-,47+/m0/s1. The molecule has 10 N–H and O–H groups in total. The first-order valence-electron chi connectivity index (χ1n) is 27.3. The van der Waals surface area contributed by atoms with Gasteiger partial charge >= 0.3 is 5.97 Å². The Morgan fingerprint density at radius 2 is 1.35 bits per heavy atom. The average molecular weight is 1300 g/mol. The number of nitrogens with zero attached hydrogens (tertiary/aromatic N) is 8. The molecule has 1 fully saturated rings. The van der Waals surface area contributed by atoms with Gasteiger partial charge in [-0.2, -0.15) is 0 Å². The van der Waals surface area contributed by atoms with Crippen molar-refractivity contribution in [1.82, 2.24) is 61.1 Å². The quantitative estimate of drug-likeness (QED) is 0.0512. The molecule has 30 heteroatoms. The molecule has 6 amide bonds. The van der Waals surface area contributed by atoms with Crippen molar-refractivity contribution in [2.24, 2.45) is 11.7 Å². The molecular formula is C58H53N13O11S6. The molecule has 2 aliphatic heterocycles. The Labute approximate surface area is 524 Å². The summed E-state index contributed by atoms with van der Waals surface area (Å²) in [6.45, 7) is 3.59. The molecule has 0 aliphatic carbocycles. The second-order valence-corrected chi connectivity index (χ2v) is 26.3. The third kappa shape index (κ3) is 13.4. The smallest absolute Gasteiger partial charge is 0.303 e. The number of fused-ring (bicyclic) bond motifs is 16. The summed E-state index contributed by atoms with van der Waals surface area (Å²) in [6, 6.07) is 13.7. The van der Waals surface area contributed by atoms with Crippen LogP contribution >= 0.6 is 68.0 Å². The van der Waals surface area contributed by atoms with Crippen LogP contribution in [0.15, 0.2) is 93.6 Å². The highest BCUT2D eigenvalue weighted by molar-refractivity contribution is 7.15. The molecule has 0 radical (unpaired) electrons. The van der Waals surface area contributed by atoms with Crippen LogP contribution in [0, 0.1) is 12.8 Å². The SMILES string of the molecule is Cc1sc2nc1C(=O)N[C@@H]([C@H](O)c1ccccc1)c1nc(cs1)C(=O)NC(Cc1ccc(O)cc1)C(=O)N1C[C@H](O)[C@H](C)[C@H]1c1nc(cs1)-c1nc(cs1)-c1nc(-c3nc(C(=O)NCCCCC(=O)O)cs3)ccc1-c1nc(cs1)C(=O)N[C@H]2CC(N)=O. The van der Waals surface area contributed by atoms with E-state index in [1.165, 1.54) is 61.8 Å². The zero-order valence-electron chi connectivity index (χ0n) is 46.5. The number of unbranched alkanes of at least 4 members (excludes halogenated alkanes) is 1. The van der Waals surface area contributed by atoms with Crippen molar-refractivity contribution in [1.29, 1.82) is 0 Å². The molecule has 7 aromatic heterocycles. The van der Waals surface area contributed by atoms with Gasteiger partial charge < -0.3 is 52.3 Å². The monoisotopic (exact) mass is 1300 g/mol. The van der Waals surface area contributed by atoms with Gasteiger partial charge in [0.25, 0.3) is 23.6 Å². The molecule has 9 aromatic rings. The number of rotatable bonds is 13. The first-order valence-corrected chi connectivity index (χ1v) is 32.5. The Kier molecular flexibility index (Phi) is 18.3. The van der Waals surface area contributed by atoms with E-state index >= 15 is 4.79 Å². The van der Waals surface area contributed by atoms with E-state index in [9.17, 15) is 44.1 Å². The topological polar surface area (TPSA) is 368 Å². The predicted molar refractivity (Wildman–Crippen MR) is 330 cm³/mol. The second-order valence-electron chi connectivity index (χ2n) is 20.7. The van der Waals surface area contributed by atoms with Crippen molar-refractivity contribution in [3.63, 3.8) is 0 Å². The lowest BCUT2D eigenvalue weighted by Gasteiger charge is -2.29. The largest absolute Gasteiger partial charge is 0.508 e. The zero-order chi connectivity index (χ0) is 61.9. The Balaban J connectivity index is 0.991. The minimum Gasteiger partial charge on any atom is -0.508 e. The summed E-state index contributed by atoms with van der Waals surface area (Å²) in [5.74, 6) is -5.43. The molecule has 7 atom stereocenters. The number of carboxylic acid groups (broad SMARTS) is 1. The van der Waals surface area contributed by atoms with E-state index in [-0.39, 0.29) is 64.5 Å². The summed E-state index contributed by atoms with van der Waals surface area (Å²) in [7, 11) is 0. The summed E-state index contributed by atoms with van der Waals surface area (Å²) in [5, 5.41) is 64.1. The Bertz CT molecular complexity index is 4100. The van der Waals surface area contributed by atoms with Gasteiger partial charge in [0.2, 0.25) is 11.8 Å². The van der Waals surface area contributed by atoms with E-state index in [4.69, 9.17) is 30.8 Å². The summed E-state index contributed by atoms with van der Waals surface area (Å²) >= 11 is 6.85. The Morgan fingerprint density at radius 1 is 0.693 bits per heavy atom. The van der Waals surface area contributed by atoms with Crippen molar-refractivity contribution in [3.05, 3.63) is 147 Å². The van der Waals surface area contributed by atoms with Crippen LogP contribution < -0.4 is 27.0 Å². The Hall–Kier alpha value is -8.62. The molecule has 452 valence electrons. The van der Waals surface area contributed by atoms with Crippen molar-refractivity contribution in [2.45, 2.75) is 82.3 Å². The van der Waals surface area contributed by atoms with Gasteiger partial charge in [0.1, 0.15) is 93.8 Å². The highest BCUT2D eigenvalue weighted by Gasteiger charge is 2.45. The van der Waals surface area contributed by atoms with E-state index in [2.05, 4.69) is 36.2 Å². The van der Waals surface area contributed by atoms with Crippen LogP contribution in [-0.4, -0.2) is 127 Å². The fourth-order valence-electron chi connectivity index (χ4n) is 9.99. The molecule has 0 spiro atoms. The van der Waals surface area contributed by atoms with Crippen LogP contribution in [0.3, 0.4) is 0 Å². The van der Waals surface area contributed by atoms with Crippen LogP contribution in [0.2, 0.25) is 0 Å². The number of aliphatic hydroxyl groups is 2. The molecule has 9 heterocycles. The maximum absolute atomic E-state index is 15.2. The molecule has 2 aromatic carbocycles. The maximum atomic E-state index is 15.2. The summed E-state index contributed by atoms with van der Waals surface area (Å²) in [6.07, 6.45) is -2.02. The number of carboxylic acids is 1. The number of aliphatic hydroxyl groups excluding tert-OH is 2. The third-order valence-corrected chi connectivity index (χ3v) is 20.1. The van der Waals surface area contributed by atoms with Crippen LogP contribution in [0.1, 0.15) is 130 Å². The van der Waals surface area contributed by atoms with Crippen molar-refractivity contribution in [2.75, 3.05) is 13.1 Å². The van der Waals surface area contributed by atoms with E-state index in [1.54, 1.807) is 77.7 Å². The van der Waals surface area contributed by atoms with Gasteiger partial charge in [0.15, 0.2) is 0 Å². The lowest BCUT2D eigenvalue weighted by molar-refractivity contribution is -0.137. The van der Waals surface area contributed by atoms with E-state index < -0.39 is 90.1 Å². The third-order valence-electron chi connectivity index (χ3n) is 14.6. The van der Waals surface area contributed by atoms with Crippen molar-refractivity contribution in [3.8, 4) is 49.1 Å². The van der Waals surface area contributed by atoms with Crippen LogP contribution in [0.4, 0.5) is 0 Å². The first-order chi connectivity index (χ1) is 42.3. The number of thiazole rings is 6. The number of carbonyl (C=O) groups excluding carboxylic acids is 6. The molecule has 1 saturated heterocycles. The number of aromatic nitrogens is 7. The number of benzene rings is 2. The van der Waals surface area contributed by atoms with Gasteiger partial charge in [0, 0.05) is 69.2 Å². The Morgan fingerprint density at radius 3 is 2.11 bits per heavy atom. The highest BCUT2D eigenvalue weighted by atomic mass is 32.1. The fraction of sp³-hybridized carbons (Fsp3) is 0.276. The number of nitrogens with one attached hydrogen (secondary N) is 4. The highest BCUT2D eigenvalue weighted by Crippen LogP contribution is 2.43. The number of aliphatic carboxylic acids is 1. The van der Waals surface area contributed by atoms with Gasteiger partial charge in [-0.3, -0.25) is 33.6 Å². The van der Waals surface area contributed by atoms with E-state index in [0.29, 0.717) is 77.2 Å². The average Bonchev–Trinajstić information content (AvgIpc) is 2.98. The number of pyridine rings is 1. The molecule has 24 nitrogen and oxygen atoms in total. The predicted octanol–water partition coefficient (Wildman–Crippen LogP) is 7.27. The molecule has 10 bridgehead atoms. The molecule has 11 rings (SSSR count). The minimum atomic E-state index is -1.42. The van der Waals surface area contributed by atoms with Gasteiger partial charge in [-0.1, -0.05) is 49.4 Å². The van der Waals surface area contributed by atoms with E-state index in [0.717, 1.165) is 34.0 Å². The van der Waals surface area contributed by atoms with E-state index in [1.807, 2.05) is 6.92 Å². The van der Waals surface area contributed by atoms with Gasteiger partial charge in [-0.05, 0) is 55.2 Å². The number of phenolic OH excluding ortho intramolecular Hbond substituents is 1. The molecule has 0 saturated carbocycles. The van der Waals surface area contributed by atoms with Gasteiger partial charge in [0.05, 0.1) is 30.3 Å². The van der Waals surface area contributed by atoms with Crippen LogP contribution in [0.25, 0.3) is 43.4 Å². The number of nitrogens with two attached hydrogens (primary N) is 1. The number of hydrogen-bond acceptors (Lipinski definition) is 23. The number of hydrogen-bond donors (Lipinski definition) is 9. The molecule has 2 aliphatic rings. The lowest BCUT2D eigenvalue weighted by atomic mass is 10.00. The van der Waals surface area contributed by atoms with Crippen molar-refractivity contribution < 1.29 is 54.0 Å². The number of carbonyl (C=O) groups is 7. The van der Waals surface area contributed by atoms with Gasteiger partial charge in [-0.15, -0.1) is 68.0 Å². The summed E-state index contributed by atoms with van der Waals surface area (Å²) < 4.78 is 0. The number of phenols is 1. The molecular weight excluding hydrogens is 1250 g/mol. The molecule has 88 heavy (non-hydrogen) atoms. The lowest BCUT2D eigenvalue weighted by Crippen LogP contribution is -2.50. The summed E-state index contributed by atoms with van der Waals surface area (Å²) in [4.78, 5) is 131. The first kappa shape index (κ1) is 61.0. The molecule has 1 unspecified atom stereocenters. The van der Waals surface area contributed by atoms with Gasteiger partial charge in [-0.25, -0.2) is 34.9 Å². The van der Waals surface area contributed by atoms with Crippen LogP contribution in [-0.2, 0) is 20.8 Å². The summed E-state index contributed by atoms with van der Waals surface area (Å²) in [5.41, 5.74) is 8.63. The fourth-order valence-corrected chi connectivity index (χ4v) is 15.3. The second kappa shape index (κ2) is 26.4. The number of aryl methyl sites for hydroxylation is 1. The number of primary amides is 1. The zero-order valence-corrected chi connectivity index (χ0v) is 51.4. The van der Waals surface area contributed by atoms with Crippen molar-refractivity contribution >= 4 is 109 Å². The normalized spacial score (nSPS) is 19.2.